The molecule has 0 saturated heterocycles. The predicted octanol–water partition coefficient (Wildman–Crippen LogP) is 4.95. The summed E-state index contributed by atoms with van der Waals surface area (Å²) in [5.74, 6) is 0.952. The van der Waals surface area contributed by atoms with Gasteiger partial charge in [-0.2, -0.15) is 0 Å². The number of hydrogen-bond donors (Lipinski definition) is 1. The van der Waals surface area contributed by atoms with Crippen molar-refractivity contribution in [3.05, 3.63) is 82.9 Å². The summed E-state index contributed by atoms with van der Waals surface area (Å²) >= 11 is 6.27. The van der Waals surface area contributed by atoms with E-state index in [1.807, 2.05) is 54.6 Å². The molecule has 0 atom stereocenters. The summed E-state index contributed by atoms with van der Waals surface area (Å²) < 4.78 is 10.5. The molecule has 0 heterocycles. The number of nitrogens with one attached hydrogen (secondary N) is 1. The lowest BCUT2D eigenvalue weighted by molar-refractivity contribution is 0.0951. The third kappa shape index (κ3) is 4.41. The first-order valence-electron chi connectivity index (χ1n) is 8.46. The highest BCUT2D eigenvalue weighted by Gasteiger charge is 2.12. The molecule has 0 aliphatic heterocycles. The fraction of sp³-hybridized carbons (Fsp3) is 0.136. The Balaban J connectivity index is 1.69. The molecule has 0 radical (unpaired) electrons. The minimum absolute atomic E-state index is 0.166. The average molecular weight is 382 g/mol. The van der Waals surface area contributed by atoms with Gasteiger partial charge in [0.1, 0.15) is 0 Å². The van der Waals surface area contributed by atoms with Crippen molar-refractivity contribution in [2.75, 3.05) is 14.2 Å². The lowest BCUT2D eigenvalue weighted by Gasteiger charge is -2.12. The van der Waals surface area contributed by atoms with E-state index in [-0.39, 0.29) is 5.91 Å². The van der Waals surface area contributed by atoms with Crippen LogP contribution in [0.25, 0.3) is 11.1 Å². The second kappa shape index (κ2) is 8.60. The normalized spacial score (nSPS) is 10.3. The van der Waals surface area contributed by atoms with Crippen LogP contribution in [-0.2, 0) is 6.54 Å². The van der Waals surface area contributed by atoms with Crippen molar-refractivity contribution < 1.29 is 14.3 Å². The van der Waals surface area contributed by atoms with Gasteiger partial charge in [-0.05, 0) is 34.9 Å². The highest BCUT2D eigenvalue weighted by molar-refractivity contribution is 6.31. The van der Waals surface area contributed by atoms with Gasteiger partial charge in [0.15, 0.2) is 11.5 Å². The van der Waals surface area contributed by atoms with Crippen molar-refractivity contribution in [3.8, 4) is 22.6 Å². The first-order chi connectivity index (χ1) is 13.1. The van der Waals surface area contributed by atoms with Crippen LogP contribution >= 0.6 is 11.6 Å². The Bertz CT molecular complexity index is 924. The lowest BCUT2D eigenvalue weighted by atomic mass is 10.0. The van der Waals surface area contributed by atoms with Crippen LogP contribution in [0.2, 0.25) is 5.02 Å². The number of ether oxygens (including phenoxy) is 2. The third-order valence-electron chi connectivity index (χ3n) is 4.25. The fourth-order valence-electron chi connectivity index (χ4n) is 2.75. The van der Waals surface area contributed by atoms with Crippen LogP contribution in [0.5, 0.6) is 11.5 Å². The highest BCUT2D eigenvalue weighted by Crippen LogP contribution is 2.33. The second-order valence-corrected chi connectivity index (χ2v) is 6.33. The van der Waals surface area contributed by atoms with Crippen LogP contribution in [0.4, 0.5) is 0 Å². The Labute approximate surface area is 163 Å². The van der Waals surface area contributed by atoms with Gasteiger partial charge in [0.25, 0.3) is 5.91 Å². The molecule has 0 bridgehead atoms. The average Bonchev–Trinajstić information content (AvgIpc) is 2.73. The van der Waals surface area contributed by atoms with Gasteiger partial charge in [-0.25, -0.2) is 0 Å². The summed E-state index contributed by atoms with van der Waals surface area (Å²) in [6, 6.07) is 21.0. The standard InChI is InChI=1S/C22H20ClNO3/c1-26-20-12-18(19(23)13-21(20)27-2)14-24-22(25)17-10-8-16(9-11-17)15-6-4-3-5-7-15/h3-13H,14H2,1-2H3,(H,24,25). The van der Waals surface area contributed by atoms with Crippen molar-refractivity contribution in [2.24, 2.45) is 0 Å². The maximum atomic E-state index is 12.4. The van der Waals surface area contributed by atoms with Gasteiger partial charge in [0, 0.05) is 23.2 Å². The van der Waals surface area contributed by atoms with Crippen LogP contribution in [0.1, 0.15) is 15.9 Å². The molecular weight excluding hydrogens is 362 g/mol. The number of amides is 1. The van der Waals surface area contributed by atoms with E-state index in [0.29, 0.717) is 28.6 Å². The van der Waals surface area contributed by atoms with Crippen LogP contribution < -0.4 is 14.8 Å². The zero-order valence-corrected chi connectivity index (χ0v) is 15.9. The molecular formula is C22H20ClNO3. The van der Waals surface area contributed by atoms with E-state index in [1.54, 1.807) is 26.4 Å². The summed E-state index contributed by atoms with van der Waals surface area (Å²) in [6.45, 7) is 0.290. The van der Waals surface area contributed by atoms with E-state index in [4.69, 9.17) is 21.1 Å². The molecule has 1 N–H and O–H groups in total. The van der Waals surface area contributed by atoms with E-state index in [2.05, 4.69) is 5.32 Å². The van der Waals surface area contributed by atoms with Crippen LogP contribution in [-0.4, -0.2) is 20.1 Å². The first-order valence-corrected chi connectivity index (χ1v) is 8.84. The number of carbonyl (C=O) groups excluding carboxylic acids is 1. The summed E-state index contributed by atoms with van der Waals surface area (Å²) in [6.07, 6.45) is 0. The molecule has 0 saturated carbocycles. The number of carbonyl (C=O) groups is 1. The molecule has 3 aromatic carbocycles. The Morgan fingerprint density at radius 1 is 0.889 bits per heavy atom. The van der Waals surface area contributed by atoms with E-state index in [0.717, 1.165) is 16.7 Å². The molecule has 3 rings (SSSR count). The summed E-state index contributed by atoms with van der Waals surface area (Å²) in [7, 11) is 3.11. The van der Waals surface area contributed by atoms with E-state index in [1.165, 1.54) is 0 Å². The Morgan fingerprint density at radius 3 is 2.11 bits per heavy atom. The van der Waals surface area contributed by atoms with Crippen molar-refractivity contribution in [1.29, 1.82) is 0 Å². The molecule has 0 fully saturated rings. The quantitative estimate of drug-likeness (QED) is 0.656. The molecule has 0 aliphatic carbocycles. The van der Waals surface area contributed by atoms with E-state index >= 15 is 0 Å². The van der Waals surface area contributed by atoms with Gasteiger partial charge in [0.2, 0.25) is 0 Å². The van der Waals surface area contributed by atoms with Crippen LogP contribution in [0.3, 0.4) is 0 Å². The minimum atomic E-state index is -0.166. The summed E-state index contributed by atoms with van der Waals surface area (Å²) in [5, 5.41) is 3.39. The van der Waals surface area contributed by atoms with Gasteiger partial charge in [0.05, 0.1) is 14.2 Å². The third-order valence-corrected chi connectivity index (χ3v) is 4.60. The smallest absolute Gasteiger partial charge is 0.251 e. The lowest BCUT2D eigenvalue weighted by Crippen LogP contribution is -2.22. The monoisotopic (exact) mass is 381 g/mol. The zero-order chi connectivity index (χ0) is 19.2. The van der Waals surface area contributed by atoms with Crippen molar-refractivity contribution in [3.63, 3.8) is 0 Å². The first kappa shape index (κ1) is 18.8. The SMILES string of the molecule is COc1cc(Cl)c(CNC(=O)c2ccc(-c3ccccc3)cc2)cc1OC. The second-order valence-electron chi connectivity index (χ2n) is 5.92. The molecule has 0 unspecified atom stereocenters. The van der Waals surface area contributed by atoms with Gasteiger partial charge in [-0.15, -0.1) is 0 Å². The number of rotatable bonds is 6. The van der Waals surface area contributed by atoms with Crippen LogP contribution in [0, 0.1) is 0 Å². The summed E-state index contributed by atoms with van der Waals surface area (Å²) in [5.41, 5.74) is 3.52. The number of halogens is 1. The molecule has 0 aliphatic rings. The molecule has 5 heteroatoms. The van der Waals surface area contributed by atoms with E-state index in [9.17, 15) is 4.79 Å². The minimum Gasteiger partial charge on any atom is -0.493 e. The molecule has 3 aromatic rings. The van der Waals surface area contributed by atoms with Crippen molar-refractivity contribution in [1.82, 2.24) is 5.32 Å². The van der Waals surface area contributed by atoms with Crippen LogP contribution in [0.15, 0.2) is 66.7 Å². The van der Waals surface area contributed by atoms with E-state index < -0.39 is 0 Å². The summed E-state index contributed by atoms with van der Waals surface area (Å²) in [4.78, 5) is 12.4. The van der Waals surface area contributed by atoms with Gasteiger partial charge < -0.3 is 14.8 Å². The van der Waals surface area contributed by atoms with Gasteiger partial charge >= 0.3 is 0 Å². The maximum absolute atomic E-state index is 12.4. The number of methoxy groups -OCH3 is 2. The Morgan fingerprint density at radius 2 is 1.48 bits per heavy atom. The molecule has 0 aromatic heterocycles. The molecule has 1 amide bonds. The fourth-order valence-corrected chi connectivity index (χ4v) is 2.97. The van der Waals surface area contributed by atoms with Gasteiger partial charge in [-0.3, -0.25) is 4.79 Å². The topological polar surface area (TPSA) is 47.6 Å². The highest BCUT2D eigenvalue weighted by atomic mass is 35.5. The maximum Gasteiger partial charge on any atom is 0.251 e. The van der Waals surface area contributed by atoms with Crippen molar-refractivity contribution in [2.45, 2.75) is 6.54 Å². The van der Waals surface area contributed by atoms with Gasteiger partial charge in [-0.1, -0.05) is 54.1 Å². The molecule has 138 valence electrons. The zero-order valence-electron chi connectivity index (χ0n) is 15.2. The largest absolute Gasteiger partial charge is 0.493 e. The molecule has 4 nitrogen and oxygen atoms in total. The molecule has 27 heavy (non-hydrogen) atoms. The Kier molecular flexibility index (Phi) is 5.99. The van der Waals surface area contributed by atoms with Crippen molar-refractivity contribution >= 4 is 17.5 Å². The Hall–Kier alpha value is -2.98. The number of benzene rings is 3. The number of hydrogen-bond acceptors (Lipinski definition) is 3. The molecule has 0 spiro atoms. The predicted molar refractivity (Wildman–Crippen MR) is 108 cm³/mol.